The van der Waals surface area contributed by atoms with E-state index in [0.29, 0.717) is 0 Å². The molecule has 0 unspecified atom stereocenters. The standard InChI is InChI=1S/C8H15Cl3NO5P/c1-4-16-18(14,17-5-2)6(8(9,10)11)12-7(13)15-3/h6H,4-5H2,1-3H3,(H,12,13)/t6-/m0/s1. The van der Waals surface area contributed by atoms with Crippen LogP contribution in [-0.2, 0) is 18.3 Å². The number of carbonyl (C=O) groups excluding carboxylic acids is 1. The van der Waals surface area contributed by atoms with Crippen molar-refractivity contribution in [3.8, 4) is 0 Å². The highest BCUT2D eigenvalue weighted by Gasteiger charge is 2.50. The summed E-state index contributed by atoms with van der Waals surface area (Å²) in [4.78, 5) is 11.2. The molecule has 0 rings (SSSR count). The number of carbonyl (C=O) groups is 1. The lowest BCUT2D eigenvalue weighted by molar-refractivity contribution is 0.163. The number of alkyl halides is 3. The number of rotatable bonds is 6. The fourth-order valence-electron chi connectivity index (χ4n) is 1.06. The van der Waals surface area contributed by atoms with Gasteiger partial charge in [0.1, 0.15) is 0 Å². The van der Waals surface area contributed by atoms with Gasteiger partial charge in [0.2, 0.25) is 3.79 Å². The molecule has 1 amide bonds. The summed E-state index contributed by atoms with van der Waals surface area (Å²) in [5.74, 6) is -1.47. The van der Waals surface area contributed by atoms with Crippen molar-refractivity contribution in [2.45, 2.75) is 23.4 Å². The van der Waals surface area contributed by atoms with E-state index in [1.807, 2.05) is 0 Å². The number of halogens is 3. The molecule has 1 atom stereocenters. The normalized spacial score (nSPS) is 14.1. The van der Waals surface area contributed by atoms with Gasteiger partial charge in [-0.2, -0.15) is 0 Å². The Morgan fingerprint density at radius 2 is 1.72 bits per heavy atom. The molecule has 0 aliphatic rings. The van der Waals surface area contributed by atoms with Crippen LogP contribution in [0, 0.1) is 0 Å². The van der Waals surface area contributed by atoms with Crippen molar-refractivity contribution in [1.82, 2.24) is 5.32 Å². The zero-order valence-corrected chi connectivity index (χ0v) is 13.3. The van der Waals surface area contributed by atoms with E-state index < -0.39 is 23.3 Å². The number of nitrogens with one attached hydrogen (secondary N) is 1. The maximum Gasteiger partial charge on any atom is 0.407 e. The molecule has 0 fully saturated rings. The quantitative estimate of drug-likeness (QED) is 0.592. The van der Waals surface area contributed by atoms with Crippen LogP contribution in [0.15, 0.2) is 0 Å². The van der Waals surface area contributed by atoms with E-state index in [0.717, 1.165) is 7.11 Å². The molecule has 1 N–H and O–H groups in total. The van der Waals surface area contributed by atoms with Gasteiger partial charge in [0.15, 0.2) is 5.78 Å². The number of hydrogen-bond acceptors (Lipinski definition) is 5. The minimum atomic E-state index is -3.83. The van der Waals surface area contributed by atoms with Crippen molar-refractivity contribution in [1.29, 1.82) is 0 Å². The second kappa shape index (κ2) is 7.78. The topological polar surface area (TPSA) is 73.9 Å². The van der Waals surface area contributed by atoms with Gasteiger partial charge >= 0.3 is 13.7 Å². The minimum Gasteiger partial charge on any atom is -0.453 e. The molecule has 10 heteroatoms. The fraction of sp³-hybridized carbons (Fsp3) is 0.875. The van der Waals surface area contributed by atoms with Crippen LogP contribution in [0.4, 0.5) is 4.79 Å². The molecule has 0 aliphatic carbocycles. The molecule has 0 radical (unpaired) electrons. The van der Waals surface area contributed by atoms with E-state index >= 15 is 0 Å². The predicted octanol–water partition coefficient (Wildman–Crippen LogP) is 3.30. The molecule has 0 spiro atoms. The third-order valence-corrected chi connectivity index (χ3v) is 5.18. The Hall–Kier alpha value is 0.290. The third kappa shape index (κ3) is 5.51. The molecule has 0 aromatic carbocycles. The Morgan fingerprint density at radius 1 is 1.28 bits per heavy atom. The molecule has 0 aromatic heterocycles. The lowest BCUT2D eigenvalue weighted by atomic mass is 10.7. The van der Waals surface area contributed by atoms with Gasteiger partial charge in [0.05, 0.1) is 20.3 Å². The summed E-state index contributed by atoms with van der Waals surface area (Å²) >= 11 is 17.1. The van der Waals surface area contributed by atoms with Gasteiger partial charge < -0.3 is 19.1 Å². The lowest BCUT2D eigenvalue weighted by Crippen LogP contribution is -2.44. The summed E-state index contributed by atoms with van der Waals surface area (Å²) in [6.45, 7) is 3.33. The highest BCUT2D eigenvalue weighted by molar-refractivity contribution is 7.55. The average molecular weight is 343 g/mol. The number of alkyl carbamates (subject to hydrolysis) is 1. The maximum absolute atomic E-state index is 12.4. The lowest BCUT2D eigenvalue weighted by Gasteiger charge is -2.30. The van der Waals surface area contributed by atoms with Crippen molar-refractivity contribution in [3.63, 3.8) is 0 Å². The number of amides is 1. The molecule has 0 aromatic rings. The molecule has 108 valence electrons. The predicted molar refractivity (Wildman–Crippen MR) is 70.5 cm³/mol. The SMILES string of the molecule is CCOP(=O)(OCC)[C@H](NC(=O)OC)C(Cl)(Cl)Cl. The second-order valence-corrected chi connectivity index (χ2v) is 7.44. The van der Waals surface area contributed by atoms with Gasteiger partial charge in [-0.05, 0) is 13.8 Å². The Balaban J connectivity index is 5.24. The van der Waals surface area contributed by atoms with Crippen molar-refractivity contribution >= 4 is 48.5 Å². The van der Waals surface area contributed by atoms with Crippen LogP contribution < -0.4 is 5.32 Å². The molecule has 18 heavy (non-hydrogen) atoms. The van der Waals surface area contributed by atoms with Gasteiger partial charge in [0.25, 0.3) is 0 Å². The monoisotopic (exact) mass is 341 g/mol. The molecular formula is C8H15Cl3NO5P. The van der Waals surface area contributed by atoms with Gasteiger partial charge in [-0.15, -0.1) is 0 Å². The van der Waals surface area contributed by atoms with Crippen LogP contribution in [0.1, 0.15) is 13.8 Å². The Labute approximate surface area is 121 Å². The summed E-state index contributed by atoms with van der Waals surface area (Å²) in [6, 6.07) is 0. The van der Waals surface area contributed by atoms with Crippen molar-refractivity contribution in [2.75, 3.05) is 20.3 Å². The Bertz CT molecular complexity index is 312. The number of methoxy groups -OCH3 is 1. The second-order valence-electron chi connectivity index (χ2n) is 2.96. The maximum atomic E-state index is 12.4. The fourth-order valence-corrected chi connectivity index (χ4v) is 4.01. The zero-order valence-electron chi connectivity index (χ0n) is 10.1. The van der Waals surface area contributed by atoms with Crippen LogP contribution in [-0.4, -0.2) is 36.0 Å². The van der Waals surface area contributed by atoms with Crippen LogP contribution in [0.25, 0.3) is 0 Å². The van der Waals surface area contributed by atoms with Crippen molar-refractivity contribution in [2.24, 2.45) is 0 Å². The number of hydrogen-bond donors (Lipinski definition) is 1. The van der Waals surface area contributed by atoms with Gasteiger partial charge in [-0.25, -0.2) is 4.79 Å². The van der Waals surface area contributed by atoms with Crippen molar-refractivity contribution < 1.29 is 23.1 Å². The summed E-state index contributed by atoms with van der Waals surface area (Å²) in [7, 11) is -2.70. The number of ether oxygens (including phenoxy) is 1. The van der Waals surface area contributed by atoms with Crippen LogP contribution in [0.5, 0.6) is 0 Å². The van der Waals surface area contributed by atoms with E-state index in [9.17, 15) is 9.36 Å². The summed E-state index contributed by atoms with van der Waals surface area (Å²) in [5, 5.41) is 2.15. The van der Waals surface area contributed by atoms with Gasteiger partial charge in [-0.1, -0.05) is 34.8 Å². The first kappa shape index (κ1) is 18.3. The largest absolute Gasteiger partial charge is 0.453 e. The molecule has 0 bridgehead atoms. The summed E-state index contributed by atoms with van der Waals surface area (Å²) in [5.41, 5.74) is 0. The Kier molecular flexibility index (Phi) is 7.90. The van der Waals surface area contributed by atoms with E-state index in [1.165, 1.54) is 0 Å². The third-order valence-electron chi connectivity index (χ3n) is 1.68. The van der Waals surface area contributed by atoms with E-state index in [-0.39, 0.29) is 13.2 Å². The van der Waals surface area contributed by atoms with Crippen LogP contribution in [0.3, 0.4) is 0 Å². The first-order valence-electron chi connectivity index (χ1n) is 5.01. The molecule has 0 aliphatic heterocycles. The Morgan fingerprint density at radius 3 is 2.00 bits per heavy atom. The molecular weight excluding hydrogens is 327 g/mol. The smallest absolute Gasteiger partial charge is 0.407 e. The molecule has 0 heterocycles. The van der Waals surface area contributed by atoms with Crippen LogP contribution >= 0.6 is 42.4 Å². The van der Waals surface area contributed by atoms with E-state index in [1.54, 1.807) is 13.8 Å². The first-order valence-corrected chi connectivity index (χ1v) is 7.75. The van der Waals surface area contributed by atoms with Gasteiger partial charge in [0, 0.05) is 0 Å². The van der Waals surface area contributed by atoms with E-state index in [2.05, 4.69) is 10.1 Å². The van der Waals surface area contributed by atoms with Crippen molar-refractivity contribution in [3.05, 3.63) is 0 Å². The first-order chi connectivity index (χ1) is 8.21. The van der Waals surface area contributed by atoms with Gasteiger partial charge in [-0.3, -0.25) is 4.57 Å². The summed E-state index contributed by atoms with van der Waals surface area (Å²) in [6.07, 6.45) is -0.911. The highest BCUT2D eigenvalue weighted by Crippen LogP contribution is 2.58. The average Bonchev–Trinajstić information content (AvgIpc) is 2.24. The highest BCUT2D eigenvalue weighted by atomic mass is 35.6. The van der Waals surface area contributed by atoms with Crippen LogP contribution in [0.2, 0.25) is 0 Å². The minimum absolute atomic E-state index is 0.0668. The summed E-state index contributed by atoms with van der Waals surface area (Å²) < 4.78 is 24.8. The zero-order chi connectivity index (χ0) is 14.4. The van der Waals surface area contributed by atoms with E-state index in [4.69, 9.17) is 43.9 Å². The molecule has 0 saturated heterocycles. The molecule has 0 saturated carbocycles. The molecule has 6 nitrogen and oxygen atoms in total.